The van der Waals surface area contributed by atoms with Crippen LogP contribution in [0.15, 0.2) is 40.9 Å². The van der Waals surface area contributed by atoms with Gasteiger partial charge in [0.15, 0.2) is 0 Å². The van der Waals surface area contributed by atoms with E-state index < -0.39 is 5.82 Å². The lowest BCUT2D eigenvalue weighted by molar-refractivity contribution is 0.470. The molecule has 18 heavy (non-hydrogen) atoms. The first-order valence-corrected chi connectivity index (χ1v) is 7.37. The molecule has 0 spiro atoms. The molecule has 0 heterocycles. The lowest BCUT2D eigenvalue weighted by Gasteiger charge is -2.11. The van der Waals surface area contributed by atoms with Crippen molar-refractivity contribution in [3.63, 3.8) is 0 Å². The van der Waals surface area contributed by atoms with E-state index in [4.69, 9.17) is 16.3 Å². The van der Waals surface area contributed by atoms with Gasteiger partial charge >= 0.3 is 0 Å². The smallest absolute Gasteiger partial charge is 0.145 e. The average molecular weight is 394 g/mol. The minimum absolute atomic E-state index is 0.0583. The summed E-state index contributed by atoms with van der Waals surface area (Å²) in [4.78, 5) is 0. The summed E-state index contributed by atoms with van der Waals surface area (Å²) in [5.74, 6) is 0.563. The normalized spacial score (nSPS) is 10.4. The van der Waals surface area contributed by atoms with Crippen LogP contribution in [0.1, 0.15) is 5.56 Å². The van der Waals surface area contributed by atoms with Crippen molar-refractivity contribution in [2.45, 2.75) is 5.33 Å². The first-order valence-electron chi connectivity index (χ1n) is 5.08. The molecule has 0 bridgehead atoms. The van der Waals surface area contributed by atoms with Crippen LogP contribution in [0.3, 0.4) is 0 Å². The van der Waals surface area contributed by atoms with E-state index in [1.165, 1.54) is 12.1 Å². The van der Waals surface area contributed by atoms with Crippen molar-refractivity contribution in [2.24, 2.45) is 0 Å². The van der Waals surface area contributed by atoms with E-state index in [2.05, 4.69) is 31.9 Å². The minimum atomic E-state index is -0.508. The summed E-state index contributed by atoms with van der Waals surface area (Å²) in [7, 11) is 0. The summed E-state index contributed by atoms with van der Waals surface area (Å²) in [6.07, 6.45) is 0. The Labute approximate surface area is 126 Å². The molecule has 0 unspecified atom stereocenters. The van der Waals surface area contributed by atoms with Crippen LogP contribution in [0.25, 0.3) is 0 Å². The fourth-order valence-corrected chi connectivity index (χ4v) is 2.60. The zero-order valence-corrected chi connectivity index (χ0v) is 13.0. The Kier molecular flexibility index (Phi) is 4.65. The largest absolute Gasteiger partial charge is 0.456 e. The van der Waals surface area contributed by atoms with Gasteiger partial charge in [-0.25, -0.2) is 4.39 Å². The highest BCUT2D eigenvalue weighted by Crippen LogP contribution is 2.35. The number of hydrogen-bond donors (Lipinski definition) is 0. The van der Waals surface area contributed by atoms with Crippen molar-refractivity contribution in [1.29, 1.82) is 0 Å². The summed E-state index contributed by atoms with van der Waals surface area (Å²) in [5.41, 5.74) is 0.986. The number of rotatable bonds is 3. The molecule has 0 fully saturated rings. The highest BCUT2D eigenvalue weighted by Gasteiger charge is 2.10. The van der Waals surface area contributed by atoms with Crippen LogP contribution < -0.4 is 4.74 Å². The lowest BCUT2D eigenvalue weighted by atomic mass is 10.2. The summed E-state index contributed by atoms with van der Waals surface area (Å²) >= 11 is 12.4. The fraction of sp³-hybridized carbons (Fsp3) is 0.0769. The predicted molar refractivity (Wildman–Crippen MR) is 78.3 cm³/mol. The van der Waals surface area contributed by atoms with Crippen LogP contribution in [0.4, 0.5) is 4.39 Å². The number of benzene rings is 2. The monoisotopic (exact) mass is 392 g/mol. The Morgan fingerprint density at radius 3 is 2.61 bits per heavy atom. The fourth-order valence-electron chi connectivity index (χ4n) is 1.41. The van der Waals surface area contributed by atoms with Crippen molar-refractivity contribution in [1.82, 2.24) is 0 Å². The Bertz CT molecular complexity index is 575. The van der Waals surface area contributed by atoms with E-state index >= 15 is 0 Å². The molecule has 2 aromatic carbocycles. The molecule has 0 aliphatic rings. The zero-order valence-electron chi connectivity index (χ0n) is 9.09. The highest BCUT2D eigenvalue weighted by atomic mass is 79.9. The molecule has 5 heteroatoms. The van der Waals surface area contributed by atoms with Crippen LogP contribution in [0.2, 0.25) is 5.02 Å². The highest BCUT2D eigenvalue weighted by molar-refractivity contribution is 9.10. The summed E-state index contributed by atoms with van der Waals surface area (Å²) in [6, 6.07) is 10.3. The average Bonchev–Trinajstić information content (AvgIpc) is 2.36. The third-order valence-electron chi connectivity index (χ3n) is 2.31. The summed E-state index contributed by atoms with van der Waals surface area (Å²) in [6.45, 7) is 0. The first kappa shape index (κ1) is 13.8. The van der Waals surface area contributed by atoms with Gasteiger partial charge in [-0.05, 0) is 28.1 Å². The molecule has 0 N–H and O–H groups in total. The molecular formula is C13H8Br2ClFO. The van der Waals surface area contributed by atoms with Gasteiger partial charge in [0.2, 0.25) is 0 Å². The van der Waals surface area contributed by atoms with E-state index in [9.17, 15) is 4.39 Å². The molecular weight excluding hydrogens is 386 g/mol. The maximum Gasteiger partial charge on any atom is 0.145 e. The molecule has 0 aliphatic heterocycles. The second-order valence-corrected chi connectivity index (χ2v) is 5.36. The topological polar surface area (TPSA) is 9.23 Å². The molecule has 0 atom stereocenters. The Balaban J connectivity index is 2.37. The molecule has 2 aromatic rings. The van der Waals surface area contributed by atoms with Gasteiger partial charge in [-0.1, -0.05) is 45.7 Å². The number of hydrogen-bond acceptors (Lipinski definition) is 1. The van der Waals surface area contributed by atoms with Gasteiger partial charge in [0.05, 0.1) is 9.50 Å². The first-order chi connectivity index (χ1) is 8.61. The van der Waals surface area contributed by atoms with Crippen molar-refractivity contribution in [3.8, 4) is 11.5 Å². The van der Waals surface area contributed by atoms with Crippen molar-refractivity contribution < 1.29 is 9.13 Å². The molecule has 0 amide bonds. The number of halogens is 4. The van der Waals surface area contributed by atoms with Gasteiger partial charge in [-0.15, -0.1) is 0 Å². The zero-order chi connectivity index (χ0) is 13.1. The Morgan fingerprint density at radius 2 is 1.89 bits per heavy atom. The summed E-state index contributed by atoms with van der Waals surface area (Å²) < 4.78 is 19.7. The van der Waals surface area contributed by atoms with Crippen molar-refractivity contribution in [3.05, 3.63) is 57.3 Å². The van der Waals surface area contributed by atoms with E-state index in [0.29, 0.717) is 21.3 Å². The molecule has 2 rings (SSSR count). The predicted octanol–water partition coefficient (Wildman–Crippen LogP) is 5.93. The molecule has 94 valence electrons. The van der Waals surface area contributed by atoms with Crippen LogP contribution in [-0.2, 0) is 5.33 Å². The molecule has 0 aliphatic carbocycles. The van der Waals surface area contributed by atoms with Gasteiger partial charge in [-0.2, -0.15) is 0 Å². The minimum Gasteiger partial charge on any atom is -0.456 e. The lowest BCUT2D eigenvalue weighted by Crippen LogP contribution is -1.91. The maximum atomic E-state index is 13.4. The Morgan fingerprint density at radius 1 is 1.17 bits per heavy atom. The van der Waals surface area contributed by atoms with Crippen LogP contribution in [0.5, 0.6) is 11.5 Å². The maximum absolute atomic E-state index is 13.4. The molecule has 0 saturated carbocycles. The number of alkyl halides is 1. The van der Waals surface area contributed by atoms with Gasteiger partial charge in [0.25, 0.3) is 0 Å². The van der Waals surface area contributed by atoms with Crippen LogP contribution in [-0.4, -0.2) is 0 Å². The van der Waals surface area contributed by atoms with Gasteiger partial charge in [0, 0.05) is 17.0 Å². The van der Waals surface area contributed by atoms with Crippen molar-refractivity contribution >= 4 is 43.5 Å². The van der Waals surface area contributed by atoms with E-state index in [-0.39, 0.29) is 5.02 Å². The van der Waals surface area contributed by atoms with Gasteiger partial charge in [0.1, 0.15) is 17.3 Å². The molecule has 0 radical (unpaired) electrons. The second-order valence-electron chi connectivity index (χ2n) is 3.54. The second kappa shape index (κ2) is 6.04. The Hall–Kier alpha value is -0.580. The molecule has 0 saturated heterocycles. The number of para-hydroxylation sites is 1. The van der Waals surface area contributed by atoms with Crippen LogP contribution in [0, 0.1) is 5.82 Å². The molecule has 0 aromatic heterocycles. The van der Waals surface area contributed by atoms with E-state index in [1.807, 2.05) is 24.3 Å². The van der Waals surface area contributed by atoms with Crippen molar-refractivity contribution in [2.75, 3.05) is 0 Å². The van der Waals surface area contributed by atoms with Gasteiger partial charge < -0.3 is 4.74 Å². The third-order valence-corrected chi connectivity index (χ3v) is 3.82. The van der Waals surface area contributed by atoms with Gasteiger partial charge in [-0.3, -0.25) is 0 Å². The van der Waals surface area contributed by atoms with E-state index in [0.717, 1.165) is 5.56 Å². The quantitative estimate of drug-likeness (QED) is 0.463. The van der Waals surface area contributed by atoms with E-state index in [1.54, 1.807) is 0 Å². The third kappa shape index (κ3) is 3.05. The number of ether oxygens (including phenoxy) is 1. The summed E-state index contributed by atoms with van der Waals surface area (Å²) in [5, 5.41) is 0.722. The van der Waals surface area contributed by atoms with Crippen LogP contribution >= 0.6 is 43.5 Å². The standard InChI is InChI=1S/C13H8Br2ClFO/c14-7-8-3-1-2-4-12(8)18-13-6-11(17)10(16)5-9(13)15/h1-6H,7H2. The molecule has 1 nitrogen and oxygen atoms in total. The SMILES string of the molecule is Fc1cc(Oc2ccccc2CBr)c(Br)cc1Cl.